The van der Waals surface area contributed by atoms with E-state index < -0.39 is 0 Å². The van der Waals surface area contributed by atoms with Crippen LogP contribution in [0.4, 0.5) is 4.39 Å². The number of thiophene rings is 1. The summed E-state index contributed by atoms with van der Waals surface area (Å²) in [6.07, 6.45) is 0. The van der Waals surface area contributed by atoms with Gasteiger partial charge < -0.3 is 4.74 Å². The van der Waals surface area contributed by atoms with E-state index in [2.05, 4.69) is 0 Å². The van der Waals surface area contributed by atoms with Crippen molar-refractivity contribution < 1.29 is 9.13 Å². The first-order chi connectivity index (χ1) is 6.76. The van der Waals surface area contributed by atoms with Gasteiger partial charge in [-0.3, -0.25) is 0 Å². The van der Waals surface area contributed by atoms with Crippen LogP contribution in [0.25, 0.3) is 10.1 Å². The fraction of sp³-hybridized carbons (Fsp3) is 0.200. The molecule has 0 N–H and O–H groups in total. The third-order valence-corrected chi connectivity index (χ3v) is 3.32. The van der Waals surface area contributed by atoms with Crippen LogP contribution in [-0.2, 0) is 5.88 Å². The monoisotopic (exact) mass is 230 g/mol. The Bertz CT molecular complexity index is 466. The summed E-state index contributed by atoms with van der Waals surface area (Å²) in [5, 5.41) is 2.49. The first-order valence-electron chi connectivity index (χ1n) is 4.06. The van der Waals surface area contributed by atoms with Crippen molar-refractivity contribution in [3.63, 3.8) is 0 Å². The lowest BCUT2D eigenvalue weighted by Gasteiger charge is -2.01. The molecule has 1 aromatic carbocycles. The van der Waals surface area contributed by atoms with Crippen LogP contribution in [0.5, 0.6) is 5.75 Å². The first-order valence-corrected chi connectivity index (χ1v) is 5.47. The molecule has 0 saturated heterocycles. The van der Waals surface area contributed by atoms with Gasteiger partial charge in [0.2, 0.25) is 0 Å². The van der Waals surface area contributed by atoms with Crippen LogP contribution in [0.3, 0.4) is 0 Å². The molecular formula is C10H8ClFOS. The molecule has 0 fully saturated rings. The molecule has 14 heavy (non-hydrogen) atoms. The maximum Gasteiger partial charge on any atom is 0.135 e. The molecule has 0 aliphatic rings. The van der Waals surface area contributed by atoms with E-state index in [1.54, 1.807) is 0 Å². The van der Waals surface area contributed by atoms with Crippen molar-refractivity contribution >= 4 is 33.0 Å². The summed E-state index contributed by atoms with van der Waals surface area (Å²) in [4.78, 5) is 0. The molecule has 0 unspecified atom stereocenters. The second kappa shape index (κ2) is 3.75. The van der Waals surface area contributed by atoms with E-state index in [1.807, 2.05) is 11.4 Å². The Hall–Kier alpha value is -0.800. The molecule has 4 heteroatoms. The van der Waals surface area contributed by atoms with Gasteiger partial charge in [-0.25, -0.2) is 4.39 Å². The summed E-state index contributed by atoms with van der Waals surface area (Å²) < 4.78 is 19.4. The Balaban J connectivity index is 2.72. The molecule has 0 saturated carbocycles. The third-order valence-electron chi connectivity index (χ3n) is 2.06. The Labute approximate surface area is 90.1 Å². The molecule has 0 amide bonds. The number of alkyl halides is 1. The number of hydrogen-bond donors (Lipinski definition) is 0. The van der Waals surface area contributed by atoms with Gasteiger partial charge in [0, 0.05) is 22.0 Å². The van der Waals surface area contributed by atoms with Crippen molar-refractivity contribution in [3.05, 3.63) is 28.9 Å². The van der Waals surface area contributed by atoms with E-state index in [0.717, 1.165) is 10.3 Å². The SMILES string of the molecule is COc1cc(F)c2c(CCl)csc2c1. The van der Waals surface area contributed by atoms with E-state index in [1.165, 1.54) is 24.5 Å². The van der Waals surface area contributed by atoms with Crippen molar-refractivity contribution in [2.24, 2.45) is 0 Å². The molecule has 0 aliphatic heterocycles. The number of benzene rings is 1. The van der Waals surface area contributed by atoms with Gasteiger partial charge in [-0.05, 0) is 17.0 Å². The molecule has 2 rings (SSSR count). The van der Waals surface area contributed by atoms with Gasteiger partial charge in [0.1, 0.15) is 11.6 Å². The molecule has 0 spiro atoms. The molecule has 1 nitrogen and oxygen atoms in total. The molecule has 0 bridgehead atoms. The van der Waals surface area contributed by atoms with Gasteiger partial charge in [0.05, 0.1) is 7.11 Å². The molecule has 0 radical (unpaired) electrons. The summed E-state index contributed by atoms with van der Waals surface area (Å²) in [5.41, 5.74) is 0.840. The molecular weight excluding hydrogens is 223 g/mol. The molecule has 0 aliphatic carbocycles. The third kappa shape index (κ3) is 1.47. The number of rotatable bonds is 2. The van der Waals surface area contributed by atoms with E-state index in [0.29, 0.717) is 17.0 Å². The smallest absolute Gasteiger partial charge is 0.135 e. The number of fused-ring (bicyclic) bond motifs is 1. The van der Waals surface area contributed by atoms with Crippen LogP contribution >= 0.6 is 22.9 Å². The highest BCUT2D eigenvalue weighted by Crippen LogP contribution is 2.32. The maximum absolute atomic E-state index is 13.6. The molecule has 1 aromatic heterocycles. The van der Waals surface area contributed by atoms with E-state index >= 15 is 0 Å². The van der Waals surface area contributed by atoms with E-state index in [9.17, 15) is 4.39 Å². The summed E-state index contributed by atoms with van der Waals surface area (Å²) in [6.45, 7) is 0. The van der Waals surface area contributed by atoms with Crippen molar-refractivity contribution in [2.75, 3.05) is 7.11 Å². The van der Waals surface area contributed by atoms with Gasteiger partial charge in [-0.2, -0.15) is 0 Å². The van der Waals surface area contributed by atoms with Crippen LogP contribution in [-0.4, -0.2) is 7.11 Å². The minimum atomic E-state index is -0.267. The average Bonchev–Trinajstić information content (AvgIpc) is 2.61. The van der Waals surface area contributed by atoms with E-state index in [-0.39, 0.29) is 5.82 Å². The highest BCUT2D eigenvalue weighted by Gasteiger charge is 2.10. The van der Waals surface area contributed by atoms with Crippen LogP contribution < -0.4 is 4.74 Å². The second-order valence-electron chi connectivity index (χ2n) is 2.88. The predicted molar refractivity (Wildman–Crippen MR) is 57.9 cm³/mol. The largest absolute Gasteiger partial charge is 0.497 e. The predicted octanol–water partition coefficient (Wildman–Crippen LogP) is 3.79. The topological polar surface area (TPSA) is 9.23 Å². The van der Waals surface area contributed by atoms with Gasteiger partial charge in [0.25, 0.3) is 0 Å². The van der Waals surface area contributed by atoms with Gasteiger partial charge >= 0.3 is 0 Å². The number of methoxy groups -OCH3 is 1. The van der Waals surface area contributed by atoms with Crippen LogP contribution in [0.1, 0.15) is 5.56 Å². The Morgan fingerprint density at radius 1 is 1.50 bits per heavy atom. The second-order valence-corrected chi connectivity index (χ2v) is 4.06. The maximum atomic E-state index is 13.6. The van der Waals surface area contributed by atoms with Crippen molar-refractivity contribution in [1.29, 1.82) is 0 Å². The van der Waals surface area contributed by atoms with Gasteiger partial charge in [-0.1, -0.05) is 0 Å². The molecule has 0 atom stereocenters. The Kier molecular flexibility index (Phi) is 2.61. The fourth-order valence-electron chi connectivity index (χ4n) is 1.37. The van der Waals surface area contributed by atoms with Gasteiger partial charge in [-0.15, -0.1) is 22.9 Å². The van der Waals surface area contributed by atoms with Crippen LogP contribution in [0.15, 0.2) is 17.5 Å². The standard InChI is InChI=1S/C10H8ClFOS/c1-13-7-2-8(12)10-6(4-11)5-14-9(10)3-7/h2-3,5H,4H2,1H3. The number of hydrogen-bond acceptors (Lipinski definition) is 2. The Morgan fingerprint density at radius 2 is 2.29 bits per heavy atom. The highest BCUT2D eigenvalue weighted by molar-refractivity contribution is 7.17. The molecule has 2 aromatic rings. The fourth-order valence-corrected chi connectivity index (χ4v) is 2.68. The first kappa shape index (κ1) is 9.74. The molecule has 74 valence electrons. The summed E-state index contributed by atoms with van der Waals surface area (Å²) in [6, 6.07) is 3.20. The van der Waals surface area contributed by atoms with Gasteiger partial charge in [0.15, 0.2) is 0 Å². The average molecular weight is 231 g/mol. The number of ether oxygens (including phenoxy) is 1. The lowest BCUT2D eigenvalue weighted by molar-refractivity contribution is 0.412. The van der Waals surface area contributed by atoms with Crippen molar-refractivity contribution in [3.8, 4) is 5.75 Å². The zero-order valence-electron chi connectivity index (χ0n) is 7.51. The Morgan fingerprint density at radius 3 is 2.93 bits per heavy atom. The van der Waals surface area contributed by atoms with Crippen molar-refractivity contribution in [2.45, 2.75) is 5.88 Å². The summed E-state index contributed by atoms with van der Waals surface area (Å²) >= 11 is 7.18. The lowest BCUT2D eigenvalue weighted by atomic mass is 10.2. The lowest BCUT2D eigenvalue weighted by Crippen LogP contribution is -1.85. The zero-order valence-corrected chi connectivity index (χ0v) is 9.08. The van der Waals surface area contributed by atoms with E-state index in [4.69, 9.17) is 16.3 Å². The van der Waals surface area contributed by atoms with Crippen LogP contribution in [0, 0.1) is 5.82 Å². The number of halogens is 2. The summed E-state index contributed by atoms with van der Waals surface area (Å²) in [5.74, 6) is 0.609. The minimum absolute atomic E-state index is 0.267. The summed E-state index contributed by atoms with van der Waals surface area (Å²) in [7, 11) is 1.52. The molecule has 1 heterocycles. The highest BCUT2D eigenvalue weighted by atomic mass is 35.5. The minimum Gasteiger partial charge on any atom is -0.497 e. The zero-order chi connectivity index (χ0) is 10.1. The quantitative estimate of drug-likeness (QED) is 0.714. The normalized spacial score (nSPS) is 10.8. The van der Waals surface area contributed by atoms with Crippen molar-refractivity contribution in [1.82, 2.24) is 0 Å². The van der Waals surface area contributed by atoms with Crippen LogP contribution in [0.2, 0.25) is 0 Å².